The number of benzene rings is 1. The molecule has 120 valence electrons. The molecular formula is C15H21N3O3S. The quantitative estimate of drug-likeness (QED) is 0.888. The van der Waals surface area contributed by atoms with Gasteiger partial charge in [0.15, 0.2) is 0 Å². The lowest BCUT2D eigenvalue weighted by Gasteiger charge is -2.23. The molecule has 0 aromatic heterocycles. The summed E-state index contributed by atoms with van der Waals surface area (Å²) in [6.07, 6.45) is 2.41. The van der Waals surface area contributed by atoms with E-state index in [2.05, 4.69) is 0 Å². The molecule has 1 unspecified atom stereocenters. The van der Waals surface area contributed by atoms with E-state index in [0.717, 1.165) is 30.5 Å². The first-order valence-corrected chi connectivity index (χ1v) is 9.02. The fourth-order valence-electron chi connectivity index (χ4n) is 3.34. The molecule has 0 radical (unpaired) electrons. The molecular weight excluding hydrogens is 302 g/mol. The van der Waals surface area contributed by atoms with Crippen LogP contribution in [-0.2, 0) is 21.2 Å². The summed E-state index contributed by atoms with van der Waals surface area (Å²) in [6, 6.07) is 4.97. The Balaban J connectivity index is 1.99. The van der Waals surface area contributed by atoms with Gasteiger partial charge in [0, 0.05) is 38.3 Å². The Morgan fingerprint density at radius 1 is 1.36 bits per heavy atom. The molecule has 22 heavy (non-hydrogen) atoms. The molecule has 1 aromatic rings. The highest BCUT2D eigenvalue weighted by Gasteiger charge is 2.35. The molecule has 0 bridgehead atoms. The van der Waals surface area contributed by atoms with Crippen molar-refractivity contribution in [2.24, 2.45) is 5.73 Å². The molecule has 7 heteroatoms. The molecule has 1 aromatic carbocycles. The van der Waals surface area contributed by atoms with E-state index in [-0.39, 0.29) is 16.8 Å². The molecule has 2 N–H and O–H groups in total. The van der Waals surface area contributed by atoms with Gasteiger partial charge in [-0.15, -0.1) is 0 Å². The Kier molecular flexibility index (Phi) is 3.96. The molecule has 3 rings (SSSR count). The monoisotopic (exact) mass is 323 g/mol. The fraction of sp³-hybridized carbons (Fsp3) is 0.533. The summed E-state index contributed by atoms with van der Waals surface area (Å²) >= 11 is 0. The van der Waals surface area contributed by atoms with Crippen molar-refractivity contribution >= 4 is 21.6 Å². The first-order chi connectivity index (χ1) is 10.4. The summed E-state index contributed by atoms with van der Waals surface area (Å²) in [4.78, 5) is 13.6. The summed E-state index contributed by atoms with van der Waals surface area (Å²) in [5.41, 5.74) is 7.43. The van der Waals surface area contributed by atoms with Gasteiger partial charge >= 0.3 is 0 Å². The third-order valence-electron chi connectivity index (χ3n) is 4.53. The minimum Gasteiger partial charge on any atom is -0.329 e. The summed E-state index contributed by atoms with van der Waals surface area (Å²) in [6.45, 7) is 2.96. The van der Waals surface area contributed by atoms with Crippen molar-refractivity contribution in [3.63, 3.8) is 0 Å². The van der Waals surface area contributed by atoms with E-state index < -0.39 is 10.0 Å². The van der Waals surface area contributed by atoms with Crippen molar-refractivity contribution in [3.05, 3.63) is 23.8 Å². The molecule has 2 aliphatic heterocycles. The van der Waals surface area contributed by atoms with Gasteiger partial charge in [-0.05, 0) is 37.0 Å². The summed E-state index contributed by atoms with van der Waals surface area (Å²) in [5.74, 6) is -0.0608. The molecule has 1 saturated heterocycles. The molecule has 0 spiro atoms. The van der Waals surface area contributed by atoms with Crippen LogP contribution in [0.1, 0.15) is 25.3 Å². The lowest BCUT2D eigenvalue weighted by Crippen LogP contribution is -2.39. The van der Waals surface area contributed by atoms with Crippen LogP contribution in [0.2, 0.25) is 0 Å². The third-order valence-corrected chi connectivity index (χ3v) is 6.48. The Labute approximate surface area is 130 Å². The molecule has 0 saturated carbocycles. The van der Waals surface area contributed by atoms with Crippen LogP contribution in [0.3, 0.4) is 0 Å². The maximum atomic E-state index is 12.8. The predicted molar refractivity (Wildman–Crippen MR) is 84.1 cm³/mol. The number of sulfonamides is 1. The Bertz CT molecular complexity index is 702. The van der Waals surface area contributed by atoms with Gasteiger partial charge in [-0.25, -0.2) is 8.42 Å². The van der Waals surface area contributed by atoms with Crippen LogP contribution in [0.5, 0.6) is 0 Å². The van der Waals surface area contributed by atoms with E-state index in [9.17, 15) is 13.2 Å². The van der Waals surface area contributed by atoms with E-state index in [1.165, 1.54) is 11.2 Å². The number of nitrogens with zero attached hydrogens (tertiary/aromatic N) is 2. The van der Waals surface area contributed by atoms with Crippen LogP contribution < -0.4 is 10.6 Å². The number of hydrogen-bond donors (Lipinski definition) is 1. The minimum absolute atomic E-state index is 0.0608. The van der Waals surface area contributed by atoms with Gasteiger partial charge in [0.25, 0.3) is 0 Å². The van der Waals surface area contributed by atoms with Crippen LogP contribution in [-0.4, -0.2) is 44.3 Å². The molecule has 1 fully saturated rings. The highest BCUT2D eigenvalue weighted by Crippen LogP contribution is 2.33. The van der Waals surface area contributed by atoms with Crippen LogP contribution >= 0.6 is 0 Å². The van der Waals surface area contributed by atoms with Crippen LogP contribution in [0.15, 0.2) is 23.1 Å². The highest BCUT2D eigenvalue weighted by atomic mass is 32.2. The van der Waals surface area contributed by atoms with Crippen molar-refractivity contribution in [2.45, 2.75) is 37.1 Å². The Hall–Kier alpha value is -1.44. The zero-order valence-corrected chi connectivity index (χ0v) is 13.5. The number of anilines is 1. The molecule has 1 atom stereocenters. The maximum Gasteiger partial charge on any atom is 0.243 e. The average molecular weight is 323 g/mol. The Morgan fingerprint density at radius 2 is 2.14 bits per heavy atom. The second-order valence-electron chi connectivity index (χ2n) is 5.86. The van der Waals surface area contributed by atoms with E-state index in [1.807, 2.05) is 6.07 Å². The molecule has 6 nitrogen and oxygen atoms in total. The normalized spacial score (nSPS) is 22.1. The van der Waals surface area contributed by atoms with Crippen LogP contribution in [0.25, 0.3) is 0 Å². The average Bonchev–Trinajstić information content (AvgIpc) is 3.13. The van der Waals surface area contributed by atoms with Gasteiger partial charge in [-0.1, -0.05) is 6.07 Å². The summed E-state index contributed by atoms with van der Waals surface area (Å²) in [5, 5.41) is 0. The maximum absolute atomic E-state index is 12.8. The van der Waals surface area contributed by atoms with E-state index in [4.69, 9.17) is 5.73 Å². The molecule has 1 amide bonds. The standard InChI is InChI=1S/C15H21N3O3S/c1-11(19)17-8-6-12-4-5-14(9-15(12)17)22(20,21)18-7-2-3-13(18)10-16/h4-5,9,13H,2-3,6-8,10,16H2,1H3. The zero-order chi connectivity index (χ0) is 15.9. The van der Waals surface area contributed by atoms with Crippen molar-refractivity contribution < 1.29 is 13.2 Å². The molecule has 2 heterocycles. The lowest BCUT2D eigenvalue weighted by atomic mass is 10.2. The summed E-state index contributed by atoms with van der Waals surface area (Å²) in [7, 11) is -3.56. The third kappa shape index (κ3) is 2.43. The SMILES string of the molecule is CC(=O)N1CCc2ccc(S(=O)(=O)N3CCCC3CN)cc21. The number of carbonyl (C=O) groups is 1. The fourth-order valence-corrected chi connectivity index (χ4v) is 5.07. The van der Waals surface area contributed by atoms with Crippen molar-refractivity contribution in [1.82, 2.24) is 4.31 Å². The zero-order valence-electron chi connectivity index (χ0n) is 12.7. The van der Waals surface area contributed by atoms with Gasteiger partial charge < -0.3 is 10.6 Å². The number of rotatable bonds is 3. The summed E-state index contributed by atoms with van der Waals surface area (Å²) < 4.78 is 27.2. The first-order valence-electron chi connectivity index (χ1n) is 7.58. The molecule has 2 aliphatic rings. The van der Waals surface area contributed by atoms with Gasteiger partial charge in [0.1, 0.15) is 0 Å². The van der Waals surface area contributed by atoms with Crippen LogP contribution in [0.4, 0.5) is 5.69 Å². The molecule has 0 aliphatic carbocycles. The number of hydrogen-bond acceptors (Lipinski definition) is 4. The van der Waals surface area contributed by atoms with E-state index in [1.54, 1.807) is 17.0 Å². The van der Waals surface area contributed by atoms with Gasteiger partial charge in [0.2, 0.25) is 15.9 Å². The lowest BCUT2D eigenvalue weighted by molar-refractivity contribution is -0.116. The first kappa shape index (κ1) is 15.5. The van der Waals surface area contributed by atoms with Gasteiger partial charge in [-0.3, -0.25) is 4.79 Å². The Morgan fingerprint density at radius 3 is 2.82 bits per heavy atom. The van der Waals surface area contributed by atoms with E-state index >= 15 is 0 Å². The predicted octanol–water partition coefficient (Wildman–Crippen LogP) is 0.707. The highest BCUT2D eigenvalue weighted by molar-refractivity contribution is 7.89. The number of nitrogens with two attached hydrogens (primary N) is 1. The smallest absolute Gasteiger partial charge is 0.243 e. The number of carbonyl (C=O) groups excluding carboxylic acids is 1. The minimum atomic E-state index is -3.56. The largest absolute Gasteiger partial charge is 0.329 e. The van der Waals surface area contributed by atoms with Crippen molar-refractivity contribution in [2.75, 3.05) is 24.5 Å². The van der Waals surface area contributed by atoms with E-state index in [0.29, 0.717) is 19.6 Å². The van der Waals surface area contributed by atoms with Crippen molar-refractivity contribution in [1.29, 1.82) is 0 Å². The van der Waals surface area contributed by atoms with Crippen molar-refractivity contribution in [3.8, 4) is 0 Å². The van der Waals surface area contributed by atoms with Crippen LogP contribution in [0, 0.1) is 0 Å². The second kappa shape index (κ2) is 5.64. The number of fused-ring (bicyclic) bond motifs is 1. The number of amides is 1. The van der Waals surface area contributed by atoms with Gasteiger partial charge in [0.05, 0.1) is 4.90 Å². The topological polar surface area (TPSA) is 83.7 Å². The second-order valence-corrected chi connectivity index (χ2v) is 7.75. The van der Waals surface area contributed by atoms with Gasteiger partial charge in [-0.2, -0.15) is 4.31 Å².